The molecule has 0 bridgehead atoms. The zero-order chi connectivity index (χ0) is 4.71. The Kier molecular flexibility index (Phi) is 0. The van der Waals surface area contributed by atoms with Crippen molar-refractivity contribution < 1.29 is 5.21 Å². The van der Waals surface area contributed by atoms with E-state index in [2.05, 4.69) is 5.59 Å². The van der Waals surface area contributed by atoms with Crippen LogP contribution < -0.4 is 0 Å². The zero-order valence-electron chi connectivity index (χ0n) is 2.21. The van der Waals surface area contributed by atoms with Gasteiger partial charge in [0.1, 0.15) is 0 Å². The lowest BCUT2D eigenvalue weighted by Crippen LogP contribution is -1.25. The maximum Gasteiger partial charge on any atom is 0.152 e. The van der Waals surface area contributed by atoms with Gasteiger partial charge in [0.2, 0.25) is 0 Å². The van der Waals surface area contributed by atoms with Crippen LogP contribution in [-0.4, -0.2) is 5.21 Å². The van der Waals surface area contributed by atoms with Gasteiger partial charge in [0.15, 0.2) is 5.34 Å². The van der Waals surface area contributed by atoms with E-state index in [1.165, 1.54) is 5.34 Å². The molecule has 0 heterocycles. The summed E-state index contributed by atoms with van der Waals surface area (Å²) in [5.41, 5.74) is 4.50. The predicted molar refractivity (Wildman–Crippen MR) is 13.7 cm³/mol. The van der Waals surface area contributed by atoms with E-state index in [1.807, 2.05) is 0 Å². The summed E-state index contributed by atoms with van der Waals surface area (Å²) in [6, 6.07) is 0. The first-order valence-electron chi connectivity index (χ1n) is 0.587. The van der Waals surface area contributed by atoms with Crippen LogP contribution in [0.25, 0.3) is 0 Å². The maximum atomic E-state index is 8.11. The van der Waals surface area contributed by atoms with Crippen molar-refractivity contribution in [1.82, 2.24) is 0 Å². The monoisotopic (exact) mass is 78.0 g/mol. The standard InChI is InChI=1S/HNO2.HNO/c2-1-3;1-2/h(H,2,3);1H. The molecule has 0 aromatic heterocycles. The van der Waals surface area contributed by atoms with E-state index in [0.29, 0.717) is 0 Å². The molecule has 0 spiro atoms. The first-order chi connectivity index (χ1) is 2.41. The lowest BCUT2D eigenvalue weighted by molar-refractivity contribution is 0.312. The highest BCUT2D eigenvalue weighted by Crippen LogP contribution is 1.25. The Hall–Kier alpha value is -1.00. The topological polar surface area (TPSA) is 90.6 Å². The summed E-state index contributed by atoms with van der Waals surface area (Å²) in [4.78, 5) is 15.6. The minimum atomic E-state index is 1.25. The fourth-order valence-electron chi connectivity index (χ4n) is 0. The van der Waals surface area contributed by atoms with Gasteiger partial charge >= 0.3 is 0 Å². The molecule has 0 atom stereocenters. The van der Waals surface area contributed by atoms with Gasteiger partial charge in [-0.3, -0.25) is 0 Å². The minimum absolute atomic E-state index is 1.25. The highest BCUT2D eigenvalue weighted by Gasteiger charge is 1.18. The van der Waals surface area contributed by atoms with Gasteiger partial charge in [0.25, 0.3) is 0 Å². The molecule has 0 saturated heterocycles. The molecule has 2 N–H and O–H groups in total. The van der Waals surface area contributed by atoms with E-state index in [4.69, 9.17) is 15.0 Å². The highest BCUT2D eigenvalue weighted by atomic mass is 16.6. The lowest BCUT2D eigenvalue weighted by Gasteiger charge is -1.32. The molecule has 0 aliphatic rings. The predicted octanol–water partition coefficient (Wildman–Crippen LogP) is 0.474. The Bertz CT molecular complexity index is 18.9. The Labute approximate surface area is 27.3 Å². The SMILES string of the molecule is N=O.O=NO. The first kappa shape index (κ1) is 9.00. The Morgan fingerprint density at radius 3 is 1.60 bits per heavy atom. The van der Waals surface area contributed by atoms with Crippen LogP contribution in [0, 0.1) is 15.4 Å². The zero-order valence-corrected chi connectivity index (χ0v) is 2.21. The normalized spacial score (nSPS) is 3.20. The van der Waals surface area contributed by atoms with E-state index in [1.54, 1.807) is 0 Å². The van der Waals surface area contributed by atoms with Gasteiger partial charge in [-0.25, -0.2) is 0 Å². The van der Waals surface area contributed by atoms with Crippen LogP contribution in [-0.2, 0) is 0 Å². The van der Waals surface area contributed by atoms with Crippen LogP contribution in [0.4, 0.5) is 0 Å². The summed E-state index contributed by atoms with van der Waals surface area (Å²) < 4.78 is 0. The molecule has 0 amide bonds. The van der Waals surface area contributed by atoms with Crippen LogP contribution in [0.2, 0.25) is 0 Å². The molecule has 5 nitrogen and oxygen atoms in total. The fourth-order valence-corrected chi connectivity index (χ4v) is 0. The lowest BCUT2D eigenvalue weighted by atomic mass is 13.4. The highest BCUT2D eigenvalue weighted by molar-refractivity contribution is 3.83. The third-order valence-electron chi connectivity index (χ3n) is 0. The molecule has 5 heavy (non-hydrogen) atoms. The van der Waals surface area contributed by atoms with Crippen LogP contribution >= 0.6 is 0 Å². The van der Waals surface area contributed by atoms with Gasteiger partial charge in [-0.2, -0.15) is 4.91 Å². The maximum absolute atomic E-state index is 8.11. The van der Waals surface area contributed by atoms with E-state index < -0.39 is 0 Å². The Balaban J connectivity index is 0. The Morgan fingerprint density at radius 1 is 1.60 bits per heavy atom. The summed E-state index contributed by atoms with van der Waals surface area (Å²) in [6.45, 7) is 0. The van der Waals surface area contributed by atoms with Crippen molar-refractivity contribution in [1.29, 1.82) is 5.59 Å². The third-order valence-corrected chi connectivity index (χ3v) is 0. The molecule has 0 aromatic carbocycles. The van der Waals surface area contributed by atoms with Gasteiger partial charge in [0.05, 0.1) is 0 Å². The summed E-state index contributed by atoms with van der Waals surface area (Å²) >= 11 is 0. The number of hydrogen-bond acceptors (Lipinski definition) is 4. The summed E-state index contributed by atoms with van der Waals surface area (Å²) in [7, 11) is 0. The average Bonchev–Trinajstić information content (AvgIpc) is 1.46. The van der Waals surface area contributed by atoms with Crippen LogP contribution in [0.3, 0.4) is 0 Å². The second-order valence-corrected chi connectivity index (χ2v) is 0.0816. The number of nitrogens with one attached hydrogen (secondary N) is 1. The molecule has 0 radical (unpaired) electrons. The van der Waals surface area contributed by atoms with Gasteiger partial charge in [-0.1, -0.05) is 5.59 Å². The number of nitrogens with zero attached hydrogens (tertiary/aromatic N) is 1. The largest absolute Gasteiger partial charge is 0.379 e. The van der Waals surface area contributed by atoms with Crippen molar-refractivity contribution in [3.8, 4) is 0 Å². The number of nitroso groups, excluding NO2 is 1. The van der Waals surface area contributed by atoms with Gasteiger partial charge < -0.3 is 5.21 Å². The van der Waals surface area contributed by atoms with Crippen LogP contribution in [0.5, 0.6) is 0 Å². The minimum Gasteiger partial charge on any atom is -0.379 e. The molecule has 0 aliphatic heterocycles. The van der Waals surface area contributed by atoms with E-state index in [9.17, 15) is 0 Å². The first-order valence-corrected chi connectivity index (χ1v) is 0.587. The second-order valence-electron chi connectivity index (χ2n) is 0.0816. The van der Waals surface area contributed by atoms with Crippen molar-refractivity contribution in [3.63, 3.8) is 0 Å². The molecule has 0 rings (SSSR count). The molecule has 5 heteroatoms. The second kappa shape index (κ2) is 0. The van der Waals surface area contributed by atoms with E-state index >= 15 is 0 Å². The molecule has 0 fully saturated rings. The number of hydrogen-bond donors (Lipinski definition) is 2. The molecule has 30 valence electrons. The molecular weight excluding hydrogens is 76.0 g/mol. The molecule has 0 saturated carbocycles. The molecule has 0 unspecified atom stereocenters. The molecular formula is H2N2O3. The van der Waals surface area contributed by atoms with Gasteiger partial charge in [0, 0.05) is 0 Å². The molecule has 0 aliphatic carbocycles. The average molecular weight is 78.0 g/mol. The van der Waals surface area contributed by atoms with Crippen LogP contribution in [0.15, 0.2) is 5.34 Å². The Morgan fingerprint density at radius 2 is 1.60 bits per heavy atom. The van der Waals surface area contributed by atoms with Crippen molar-refractivity contribution in [2.75, 3.05) is 0 Å². The smallest absolute Gasteiger partial charge is 0.152 e. The summed E-state index contributed by atoms with van der Waals surface area (Å²) in [5, 5.41) is 7.89. The van der Waals surface area contributed by atoms with Crippen molar-refractivity contribution >= 4 is 0 Å². The third kappa shape index (κ3) is 3.00. The molecule has 0 aromatic rings. The van der Waals surface area contributed by atoms with E-state index in [-0.39, 0.29) is 0 Å². The quantitative estimate of drug-likeness (QED) is 0.326. The van der Waals surface area contributed by atoms with E-state index in [0.717, 1.165) is 0 Å². The van der Waals surface area contributed by atoms with Crippen LogP contribution in [0.1, 0.15) is 0 Å². The van der Waals surface area contributed by atoms with Gasteiger partial charge in [-0.15, -0.1) is 4.91 Å². The fraction of sp³-hybridized carbons (Fsp3) is 0. The summed E-state index contributed by atoms with van der Waals surface area (Å²) in [5.74, 6) is 0. The number of rotatable bonds is 0. The van der Waals surface area contributed by atoms with Gasteiger partial charge in [-0.05, 0) is 0 Å². The van der Waals surface area contributed by atoms with Crippen molar-refractivity contribution in [2.24, 2.45) is 5.34 Å². The summed E-state index contributed by atoms with van der Waals surface area (Å²) in [6.07, 6.45) is 0. The van der Waals surface area contributed by atoms with Crippen molar-refractivity contribution in [3.05, 3.63) is 9.81 Å². The van der Waals surface area contributed by atoms with Crippen molar-refractivity contribution in [2.45, 2.75) is 0 Å².